The highest BCUT2D eigenvalue weighted by Gasteiger charge is 2.09. The first-order valence-electron chi connectivity index (χ1n) is 9.69. The number of benzene rings is 1. The van der Waals surface area contributed by atoms with E-state index in [0.29, 0.717) is 36.6 Å². The van der Waals surface area contributed by atoms with E-state index >= 15 is 0 Å². The van der Waals surface area contributed by atoms with Crippen molar-refractivity contribution < 1.29 is 14.6 Å². The summed E-state index contributed by atoms with van der Waals surface area (Å²) in [5, 5.41) is 17.3. The van der Waals surface area contributed by atoms with Gasteiger partial charge in [-0.25, -0.2) is 4.98 Å². The van der Waals surface area contributed by atoms with E-state index in [-0.39, 0.29) is 36.6 Å². The van der Waals surface area contributed by atoms with Crippen LogP contribution in [0.25, 0.3) is 0 Å². The number of aromatic nitrogens is 1. The maximum absolute atomic E-state index is 10.5. The Morgan fingerprint density at radius 1 is 1.23 bits per heavy atom. The van der Waals surface area contributed by atoms with Crippen molar-refractivity contribution in [3.05, 3.63) is 53.2 Å². The number of hydrogen-bond donors (Lipinski definition) is 3. The van der Waals surface area contributed by atoms with E-state index in [2.05, 4.69) is 20.6 Å². The smallest absolute Gasteiger partial charge is 0.232 e. The van der Waals surface area contributed by atoms with Crippen molar-refractivity contribution in [3.8, 4) is 11.6 Å². The third-order valence-corrected chi connectivity index (χ3v) is 4.03. The molecule has 2 rings (SSSR count). The van der Waals surface area contributed by atoms with Gasteiger partial charge in [-0.05, 0) is 50.6 Å². The fourth-order valence-corrected chi connectivity index (χ4v) is 2.66. The molecule has 1 heterocycles. The lowest BCUT2D eigenvalue weighted by atomic mass is 10.1. The normalized spacial score (nSPS) is 12.1. The molecule has 0 saturated heterocycles. The lowest BCUT2D eigenvalue weighted by Crippen LogP contribution is -2.39. The maximum Gasteiger partial charge on any atom is 0.232 e. The quantitative estimate of drug-likeness (QED) is 0.181. The van der Waals surface area contributed by atoms with Gasteiger partial charge in [0.05, 0.1) is 25.3 Å². The second-order valence-corrected chi connectivity index (χ2v) is 6.95. The minimum Gasteiger partial charge on any atom is -0.491 e. The van der Waals surface area contributed by atoms with Gasteiger partial charge in [-0.1, -0.05) is 23.7 Å². The molecule has 0 aliphatic carbocycles. The summed E-state index contributed by atoms with van der Waals surface area (Å²) in [7, 11) is 0. The van der Waals surface area contributed by atoms with Gasteiger partial charge in [0.1, 0.15) is 17.4 Å². The van der Waals surface area contributed by atoms with Crippen LogP contribution in [0.3, 0.4) is 0 Å². The van der Waals surface area contributed by atoms with E-state index in [4.69, 9.17) is 21.1 Å². The van der Waals surface area contributed by atoms with E-state index < -0.39 is 6.10 Å². The molecular formula is C21H30ClIN4O3. The molecule has 1 unspecified atom stereocenters. The van der Waals surface area contributed by atoms with Gasteiger partial charge in [-0.2, -0.15) is 0 Å². The molecule has 1 aromatic heterocycles. The molecule has 0 radical (unpaired) electrons. The first-order chi connectivity index (χ1) is 14.0. The predicted octanol–water partition coefficient (Wildman–Crippen LogP) is 3.81. The van der Waals surface area contributed by atoms with E-state index in [0.717, 1.165) is 11.3 Å². The largest absolute Gasteiger partial charge is 0.491 e. The van der Waals surface area contributed by atoms with Crippen LogP contribution in [-0.4, -0.2) is 48.4 Å². The topological polar surface area (TPSA) is 88.0 Å². The van der Waals surface area contributed by atoms with Gasteiger partial charge in [0.25, 0.3) is 0 Å². The van der Waals surface area contributed by atoms with Crippen molar-refractivity contribution in [2.45, 2.75) is 33.0 Å². The highest BCUT2D eigenvalue weighted by molar-refractivity contribution is 14.0. The number of hydrogen-bond acceptors (Lipinski definition) is 5. The van der Waals surface area contributed by atoms with Crippen molar-refractivity contribution >= 4 is 41.5 Å². The molecule has 7 nitrogen and oxygen atoms in total. The number of guanidine groups is 1. The Balaban J connectivity index is 0.00000450. The van der Waals surface area contributed by atoms with E-state index in [1.807, 2.05) is 45.0 Å². The Morgan fingerprint density at radius 3 is 2.73 bits per heavy atom. The van der Waals surface area contributed by atoms with E-state index in [1.165, 1.54) is 0 Å². The van der Waals surface area contributed by atoms with Gasteiger partial charge in [-0.15, -0.1) is 24.0 Å². The molecular weight excluding hydrogens is 519 g/mol. The van der Waals surface area contributed by atoms with Crippen LogP contribution in [0, 0.1) is 0 Å². The third kappa shape index (κ3) is 9.36. The number of nitrogens with one attached hydrogen (secondary N) is 2. The molecule has 166 valence electrons. The molecule has 3 N–H and O–H groups in total. The maximum atomic E-state index is 10.5. The van der Waals surface area contributed by atoms with Crippen LogP contribution >= 0.6 is 35.6 Å². The predicted molar refractivity (Wildman–Crippen MR) is 131 cm³/mol. The Hall–Kier alpha value is -1.78. The highest BCUT2D eigenvalue weighted by Crippen LogP contribution is 2.21. The second-order valence-electron chi connectivity index (χ2n) is 6.54. The van der Waals surface area contributed by atoms with Gasteiger partial charge in [0.2, 0.25) is 5.88 Å². The summed E-state index contributed by atoms with van der Waals surface area (Å²) in [4.78, 5) is 8.53. The first kappa shape index (κ1) is 26.3. The zero-order chi connectivity index (χ0) is 21.1. The van der Waals surface area contributed by atoms with E-state index in [1.54, 1.807) is 18.3 Å². The minimum absolute atomic E-state index is 0. The number of rotatable bonds is 10. The van der Waals surface area contributed by atoms with Gasteiger partial charge < -0.3 is 25.2 Å². The van der Waals surface area contributed by atoms with Crippen LogP contribution < -0.4 is 20.1 Å². The SMILES string of the molecule is CCNC(=NCC(O)c1cccc(OC(C)C)c1)NCCOc1ncccc1Cl.I. The van der Waals surface area contributed by atoms with Crippen molar-refractivity contribution in [2.24, 2.45) is 4.99 Å². The van der Waals surface area contributed by atoms with E-state index in [9.17, 15) is 5.11 Å². The second kappa shape index (κ2) is 14.3. The minimum atomic E-state index is -0.732. The number of ether oxygens (including phenoxy) is 2. The Labute approximate surface area is 200 Å². The lowest BCUT2D eigenvalue weighted by molar-refractivity contribution is 0.185. The summed E-state index contributed by atoms with van der Waals surface area (Å²) in [5.41, 5.74) is 0.760. The molecule has 9 heteroatoms. The number of pyridine rings is 1. The molecule has 1 atom stereocenters. The van der Waals surface area contributed by atoms with Crippen LogP contribution in [0.2, 0.25) is 5.02 Å². The summed E-state index contributed by atoms with van der Waals surface area (Å²) in [6.45, 7) is 7.70. The van der Waals surface area contributed by atoms with Crippen LogP contribution in [0.4, 0.5) is 0 Å². The average Bonchev–Trinajstić information content (AvgIpc) is 2.70. The summed E-state index contributed by atoms with van der Waals surface area (Å²) >= 11 is 6.02. The fraction of sp³-hybridized carbons (Fsp3) is 0.429. The number of aliphatic imine (C=N–C) groups is 1. The third-order valence-electron chi connectivity index (χ3n) is 3.74. The number of aliphatic hydroxyl groups excluding tert-OH is 1. The molecule has 0 amide bonds. The number of nitrogens with zero attached hydrogens (tertiary/aromatic N) is 2. The monoisotopic (exact) mass is 548 g/mol. The summed E-state index contributed by atoms with van der Waals surface area (Å²) < 4.78 is 11.2. The highest BCUT2D eigenvalue weighted by atomic mass is 127. The van der Waals surface area contributed by atoms with Crippen LogP contribution in [0.15, 0.2) is 47.6 Å². The van der Waals surface area contributed by atoms with Crippen molar-refractivity contribution in [3.63, 3.8) is 0 Å². The zero-order valence-electron chi connectivity index (χ0n) is 17.5. The average molecular weight is 549 g/mol. The van der Waals surface area contributed by atoms with Crippen molar-refractivity contribution in [1.29, 1.82) is 0 Å². The molecule has 0 bridgehead atoms. The Kier molecular flexibility index (Phi) is 12.5. The van der Waals surface area contributed by atoms with Crippen LogP contribution in [0.1, 0.15) is 32.4 Å². The fourth-order valence-electron chi connectivity index (χ4n) is 2.49. The van der Waals surface area contributed by atoms with Crippen LogP contribution in [-0.2, 0) is 0 Å². The summed E-state index contributed by atoms with van der Waals surface area (Å²) in [5.74, 6) is 1.73. The van der Waals surface area contributed by atoms with Crippen molar-refractivity contribution in [2.75, 3.05) is 26.2 Å². The van der Waals surface area contributed by atoms with Gasteiger partial charge >= 0.3 is 0 Å². The number of aliphatic hydroxyl groups is 1. The number of halogens is 2. The molecule has 0 fully saturated rings. The first-order valence-corrected chi connectivity index (χ1v) is 10.1. The molecule has 2 aromatic rings. The lowest BCUT2D eigenvalue weighted by Gasteiger charge is -2.15. The zero-order valence-corrected chi connectivity index (χ0v) is 20.6. The molecule has 0 aliphatic heterocycles. The molecule has 1 aromatic carbocycles. The molecule has 30 heavy (non-hydrogen) atoms. The summed E-state index contributed by atoms with van der Waals surface area (Å²) in [6.07, 6.45) is 0.973. The molecule has 0 saturated carbocycles. The molecule has 0 aliphatic rings. The van der Waals surface area contributed by atoms with Gasteiger partial charge in [0, 0.05) is 12.7 Å². The van der Waals surface area contributed by atoms with Gasteiger partial charge in [0.15, 0.2) is 5.96 Å². The standard InChI is InChI=1S/C21H29ClN4O3.HI/c1-4-23-21(25-11-12-28-20-18(22)9-6-10-24-20)26-14-19(27)16-7-5-8-17(13-16)29-15(2)3;/h5-10,13,15,19,27H,4,11-12,14H2,1-3H3,(H2,23,25,26);1H. The Bertz CT molecular complexity index is 792. The summed E-state index contributed by atoms with van der Waals surface area (Å²) in [6, 6.07) is 10.9. The van der Waals surface area contributed by atoms with Crippen LogP contribution in [0.5, 0.6) is 11.6 Å². The molecule has 0 spiro atoms. The Morgan fingerprint density at radius 2 is 2.03 bits per heavy atom. The van der Waals surface area contributed by atoms with Crippen molar-refractivity contribution in [1.82, 2.24) is 15.6 Å². The van der Waals surface area contributed by atoms with Gasteiger partial charge in [-0.3, -0.25) is 4.99 Å².